The van der Waals surface area contributed by atoms with Crippen LogP contribution in [0.25, 0.3) is 0 Å². The third-order valence-corrected chi connectivity index (χ3v) is 4.43. The van der Waals surface area contributed by atoms with E-state index in [1.807, 2.05) is 0 Å². The smallest absolute Gasteiger partial charge is 0.237 e. The molecule has 1 aliphatic carbocycles. The summed E-state index contributed by atoms with van der Waals surface area (Å²) in [7, 11) is 1.70. The zero-order chi connectivity index (χ0) is 13.9. The standard InChI is InChI=1S/C16H22N2O2/c1-20-14-9-15(17-10-14)16(19)18-13-7-6-11-4-2-3-5-12(11)8-13/h2-5,13-15,17H,6-10H2,1H3,(H,18,19). The van der Waals surface area contributed by atoms with Crippen LogP contribution < -0.4 is 10.6 Å². The van der Waals surface area contributed by atoms with Crippen molar-refractivity contribution in [2.75, 3.05) is 13.7 Å². The van der Waals surface area contributed by atoms with E-state index >= 15 is 0 Å². The van der Waals surface area contributed by atoms with Gasteiger partial charge in [0.05, 0.1) is 12.1 Å². The average molecular weight is 274 g/mol. The van der Waals surface area contributed by atoms with Crippen molar-refractivity contribution in [3.63, 3.8) is 0 Å². The summed E-state index contributed by atoms with van der Waals surface area (Å²) in [6, 6.07) is 8.69. The Morgan fingerprint density at radius 2 is 2.15 bits per heavy atom. The quantitative estimate of drug-likeness (QED) is 0.866. The number of nitrogens with one attached hydrogen (secondary N) is 2. The Morgan fingerprint density at radius 1 is 1.35 bits per heavy atom. The Kier molecular flexibility index (Phi) is 4.03. The largest absolute Gasteiger partial charge is 0.380 e. The van der Waals surface area contributed by atoms with Gasteiger partial charge in [-0.25, -0.2) is 0 Å². The molecule has 2 aliphatic rings. The number of aryl methyl sites for hydroxylation is 1. The second-order valence-corrected chi connectivity index (χ2v) is 5.77. The summed E-state index contributed by atoms with van der Waals surface area (Å²) >= 11 is 0. The first kappa shape index (κ1) is 13.6. The van der Waals surface area contributed by atoms with Gasteiger partial charge in [-0.15, -0.1) is 0 Å². The maximum absolute atomic E-state index is 12.3. The lowest BCUT2D eigenvalue weighted by Crippen LogP contribution is -2.47. The molecule has 3 rings (SSSR count). The van der Waals surface area contributed by atoms with Crippen LogP contribution in [0.1, 0.15) is 24.0 Å². The van der Waals surface area contributed by atoms with Crippen LogP contribution in [-0.2, 0) is 22.4 Å². The van der Waals surface area contributed by atoms with Crippen LogP contribution in [0.15, 0.2) is 24.3 Å². The highest BCUT2D eigenvalue weighted by atomic mass is 16.5. The SMILES string of the molecule is COC1CNC(C(=O)NC2CCc3ccccc3C2)C1. The number of hydrogen-bond donors (Lipinski definition) is 2. The normalized spacial score (nSPS) is 28.9. The highest BCUT2D eigenvalue weighted by Gasteiger charge is 2.31. The molecule has 3 atom stereocenters. The van der Waals surface area contributed by atoms with Crippen molar-refractivity contribution in [2.45, 2.75) is 43.9 Å². The Balaban J connectivity index is 1.56. The number of rotatable bonds is 3. The van der Waals surface area contributed by atoms with Gasteiger partial charge in [0.25, 0.3) is 0 Å². The summed E-state index contributed by atoms with van der Waals surface area (Å²) in [6.45, 7) is 0.766. The van der Waals surface area contributed by atoms with E-state index in [2.05, 4.69) is 34.9 Å². The Labute approximate surface area is 119 Å². The van der Waals surface area contributed by atoms with E-state index in [1.165, 1.54) is 11.1 Å². The number of hydrogen-bond acceptors (Lipinski definition) is 3. The van der Waals surface area contributed by atoms with E-state index in [4.69, 9.17) is 4.74 Å². The van der Waals surface area contributed by atoms with E-state index in [9.17, 15) is 4.79 Å². The fourth-order valence-corrected chi connectivity index (χ4v) is 3.21. The van der Waals surface area contributed by atoms with Crippen LogP contribution >= 0.6 is 0 Å². The van der Waals surface area contributed by atoms with Crippen molar-refractivity contribution >= 4 is 5.91 Å². The summed E-state index contributed by atoms with van der Waals surface area (Å²) in [6.07, 6.45) is 3.97. The zero-order valence-electron chi connectivity index (χ0n) is 11.9. The molecule has 0 aromatic heterocycles. The van der Waals surface area contributed by atoms with E-state index < -0.39 is 0 Å². The molecule has 1 aliphatic heterocycles. The monoisotopic (exact) mass is 274 g/mol. The van der Waals surface area contributed by atoms with Gasteiger partial charge in [0, 0.05) is 19.7 Å². The molecule has 3 unspecified atom stereocenters. The molecular formula is C16H22N2O2. The lowest BCUT2D eigenvalue weighted by molar-refractivity contribution is -0.123. The minimum Gasteiger partial charge on any atom is -0.380 e. The molecule has 0 radical (unpaired) electrons. The van der Waals surface area contributed by atoms with Gasteiger partial charge in [-0.3, -0.25) is 4.79 Å². The van der Waals surface area contributed by atoms with Crippen molar-refractivity contribution in [3.8, 4) is 0 Å². The summed E-state index contributed by atoms with van der Waals surface area (Å²) in [4.78, 5) is 12.3. The number of fused-ring (bicyclic) bond motifs is 1. The number of ether oxygens (including phenoxy) is 1. The van der Waals surface area contributed by atoms with Crippen LogP contribution in [0.4, 0.5) is 0 Å². The van der Waals surface area contributed by atoms with E-state index in [1.54, 1.807) is 7.11 Å². The molecule has 108 valence electrons. The second-order valence-electron chi connectivity index (χ2n) is 5.77. The maximum Gasteiger partial charge on any atom is 0.237 e. The molecule has 0 spiro atoms. The van der Waals surface area contributed by atoms with Gasteiger partial charge in [-0.05, 0) is 36.8 Å². The topological polar surface area (TPSA) is 50.4 Å². The lowest BCUT2D eigenvalue weighted by atomic mass is 9.88. The van der Waals surface area contributed by atoms with Crippen LogP contribution in [0.2, 0.25) is 0 Å². The Bertz CT molecular complexity index is 489. The van der Waals surface area contributed by atoms with Gasteiger partial charge < -0.3 is 15.4 Å². The molecule has 1 aromatic rings. The van der Waals surface area contributed by atoms with Gasteiger partial charge >= 0.3 is 0 Å². The summed E-state index contributed by atoms with van der Waals surface area (Å²) in [5.74, 6) is 0.119. The molecule has 1 heterocycles. The number of methoxy groups -OCH3 is 1. The van der Waals surface area contributed by atoms with E-state index in [0.717, 1.165) is 32.2 Å². The zero-order valence-corrected chi connectivity index (χ0v) is 11.9. The highest BCUT2D eigenvalue weighted by Crippen LogP contribution is 2.21. The van der Waals surface area contributed by atoms with Crippen molar-refractivity contribution in [1.82, 2.24) is 10.6 Å². The summed E-state index contributed by atoms with van der Waals surface area (Å²) in [5.41, 5.74) is 2.80. The lowest BCUT2D eigenvalue weighted by Gasteiger charge is -2.26. The van der Waals surface area contributed by atoms with Crippen molar-refractivity contribution in [1.29, 1.82) is 0 Å². The fraction of sp³-hybridized carbons (Fsp3) is 0.562. The molecule has 0 bridgehead atoms. The Morgan fingerprint density at radius 3 is 2.90 bits per heavy atom. The minimum atomic E-state index is -0.0999. The van der Waals surface area contributed by atoms with E-state index in [-0.39, 0.29) is 24.1 Å². The van der Waals surface area contributed by atoms with Crippen LogP contribution in [0.5, 0.6) is 0 Å². The van der Waals surface area contributed by atoms with Gasteiger partial charge in [0.1, 0.15) is 0 Å². The highest BCUT2D eigenvalue weighted by molar-refractivity contribution is 5.82. The molecule has 2 N–H and O–H groups in total. The van der Waals surface area contributed by atoms with Crippen LogP contribution in [0, 0.1) is 0 Å². The van der Waals surface area contributed by atoms with Crippen molar-refractivity contribution in [3.05, 3.63) is 35.4 Å². The molecule has 20 heavy (non-hydrogen) atoms. The second kappa shape index (κ2) is 5.94. The first-order chi connectivity index (χ1) is 9.76. The molecule has 4 heteroatoms. The predicted octanol–water partition coefficient (Wildman–Crippen LogP) is 1.04. The Hall–Kier alpha value is -1.39. The third kappa shape index (κ3) is 2.86. The average Bonchev–Trinajstić information content (AvgIpc) is 2.96. The minimum absolute atomic E-state index is 0.0999. The summed E-state index contributed by atoms with van der Waals surface area (Å²) in [5, 5.41) is 6.42. The van der Waals surface area contributed by atoms with E-state index in [0.29, 0.717) is 0 Å². The van der Waals surface area contributed by atoms with Gasteiger partial charge in [-0.2, -0.15) is 0 Å². The van der Waals surface area contributed by atoms with Crippen LogP contribution in [0.3, 0.4) is 0 Å². The molecule has 1 aromatic carbocycles. The molecule has 1 saturated heterocycles. The van der Waals surface area contributed by atoms with Crippen LogP contribution in [-0.4, -0.2) is 37.7 Å². The van der Waals surface area contributed by atoms with Gasteiger partial charge in [0.15, 0.2) is 0 Å². The number of amides is 1. The first-order valence-corrected chi connectivity index (χ1v) is 7.39. The number of carbonyl (C=O) groups excluding carboxylic acids is 1. The fourth-order valence-electron chi connectivity index (χ4n) is 3.21. The van der Waals surface area contributed by atoms with Crippen molar-refractivity contribution < 1.29 is 9.53 Å². The summed E-state index contributed by atoms with van der Waals surface area (Å²) < 4.78 is 5.29. The number of carbonyl (C=O) groups is 1. The molecule has 1 fully saturated rings. The molecule has 4 nitrogen and oxygen atoms in total. The molecular weight excluding hydrogens is 252 g/mol. The molecule has 0 saturated carbocycles. The van der Waals surface area contributed by atoms with Gasteiger partial charge in [-0.1, -0.05) is 24.3 Å². The van der Waals surface area contributed by atoms with Crippen molar-refractivity contribution in [2.24, 2.45) is 0 Å². The number of benzene rings is 1. The predicted molar refractivity (Wildman–Crippen MR) is 77.6 cm³/mol. The maximum atomic E-state index is 12.3. The van der Waals surface area contributed by atoms with Gasteiger partial charge in [0.2, 0.25) is 5.91 Å². The third-order valence-electron chi connectivity index (χ3n) is 4.43. The first-order valence-electron chi connectivity index (χ1n) is 7.39. The molecule has 1 amide bonds.